The number of alkyl halides is 3. The summed E-state index contributed by atoms with van der Waals surface area (Å²) in [7, 11) is 0. The molecule has 0 aliphatic carbocycles. The summed E-state index contributed by atoms with van der Waals surface area (Å²) in [5.74, 6) is 0. The molecule has 0 spiro atoms. The summed E-state index contributed by atoms with van der Waals surface area (Å²) in [6.45, 7) is 4.12. The number of hydrogen-bond donors (Lipinski definition) is 1. The third kappa shape index (κ3) is 5.67. The van der Waals surface area contributed by atoms with Gasteiger partial charge >= 0.3 is 6.18 Å². The van der Waals surface area contributed by atoms with Crippen LogP contribution in [0.4, 0.5) is 13.2 Å². The highest BCUT2D eigenvalue weighted by Gasteiger charge is 2.27. The second-order valence-corrected chi connectivity index (χ2v) is 4.86. The lowest BCUT2D eigenvalue weighted by Gasteiger charge is -2.09. The first-order valence-corrected chi connectivity index (χ1v) is 7.34. The van der Waals surface area contributed by atoms with Crippen LogP contribution in [0.3, 0.4) is 0 Å². The SMILES string of the molecule is CCc1nn(CCCOCC(F)(F)F)c(CC)c1CCN. The molecule has 2 N–H and O–H groups in total. The zero-order chi connectivity index (χ0) is 15.9. The highest BCUT2D eigenvalue weighted by atomic mass is 19.4. The molecule has 21 heavy (non-hydrogen) atoms. The fraction of sp³-hybridized carbons (Fsp3) is 0.786. The number of aromatic nitrogens is 2. The highest BCUT2D eigenvalue weighted by molar-refractivity contribution is 5.27. The van der Waals surface area contributed by atoms with Gasteiger partial charge in [-0.25, -0.2) is 0 Å². The molecule has 1 aromatic rings. The Morgan fingerprint density at radius 3 is 2.48 bits per heavy atom. The summed E-state index contributed by atoms with van der Waals surface area (Å²) in [5, 5.41) is 4.55. The Morgan fingerprint density at radius 1 is 1.24 bits per heavy atom. The van der Waals surface area contributed by atoms with E-state index in [1.165, 1.54) is 5.56 Å². The summed E-state index contributed by atoms with van der Waals surface area (Å²) in [6, 6.07) is 0. The van der Waals surface area contributed by atoms with Crippen LogP contribution < -0.4 is 5.73 Å². The molecule has 1 heterocycles. The molecule has 0 radical (unpaired) electrons. The second kappa shape index (κ2) is 8.38. The van der Waals surface area contributed by atoms with Crippen LogP contribution in [0.1, 0.15) is 37.2 Å². The first-order valence-electron chi connectivity index (χ1n) is 7.34. The Bertz CT molecular complexity index is 430. The van der Waals surface area contributed by atoms with E-state index in [4.69, 9.17) is 5.73 Å². The lowest BCUT2D eigenvalue weighted by Crippen LogP contribution is -2.18. The van der Waals surface area contributed by atoms with Crippen LogP contribution in [-0.4, -0.2) is 35.7 Å². The number of nitrogens with zero attached hydrogens (tertiary/aromatic N) is 2. The molecule has 1 rings (SSSR count). The smallest absolute Gasteiger partial charge is 0.372 e. The van der Waals surface area contributed by atoms with E-state index in [2.05, 4.69) is 9.84 Å². The van der Waals surface area contributed by atoms with E-state index in [0.717, 1.165) is 30.7 Å². The Labute approximate surface area is 123 Å². The number of ether oxygens (including phenoxy) is 1. The van der Waals surface area contributed by atoms with Crippen molar-refractivity contribution in [3.05, 3.63) is 17.0 Å². The molecule has 0 fully saturated rings. The molecule has 0 saturated heterocycles. The molecular weight excluding hydrogens is 283 g/mol. The minimum Gasteiger partial charge on any atom is -0.372 e. The summed E-state index contributed by atoms with van der Waals surface area (Å²) in [5.41, 5.74) is 9.00. The van der Waals surface area contributed by atoms with Gasteiger partial charge in [0.15, 0.2) is 0 Å². The molecule has 0 bridgehead atoms. The van der Waals surface area contributed by atoms with Gasteiger partial charge in [0, 0.05) is 18.8 Å². The van der Waals surface area contributed by atoms with E-state index in [-0.39, 0.29) is 6.61 Å². The van der Waals surface area contributed by atoms with Crippen LogP contribution in [-0.2, 0) is 30.5 Å². The van der Waals surface area contributed by atoms with Gasteiger partial charge in [-0.3, -0.25) is 4.68 Å². The van der Waals surface area contributed by atoms with Gasteiger partial charge in [0.25, 0.3) is 0 Å². The van der Waals surface area contributed by atoms with Crippen molar-refractivity contribution in [3.8, 4) is 0 Å². The van der Waals surface area contributed by atoms with Crippen molar-refractivity contribution in [2.45, 2.75) is 52.3 Å². The number of hydrogen-bond acceptors (Lipinski definition) is 3. The number of halogens is 3. The van der Waals surface area contributed by atoms with Gasteiger partial charge in [-0.2, -0.15) is 18.3 Å². The van der Waals surface area contributed by atoms with E-state index in [1.54, 1.807) is 0 Å². The van der Waals surface area contributed by atoms with Crippen molar-refractivity contribution >= 4 is 0 Å². The van der Waals surface area contributed by atoms with E-state index >= 15 is 0 Å². The van der Waals surface area contributed by atoms with Gasteiger partial charge in [-0.15, -0.1) is 0 Å². The molecule has 7 heteroatoms. The van der Waals surface area contributed by atoms with Crippen LogP contribution >= 0.6 is 0 Å². The van der Waals surface area contributed by atoms with E-state index < -0.39 is 12.8 Å². The largest absolute Gasteiger partial charge is 0.411 e. The second-order valence-electron chi connectivity index (χ2n) is 4.86. The topological polar surface area (TPSA) is 53.1 Å². The Kier molecular flexibility index (Phi) is 7.17. The Morgan fingerprint density at radius 2 is 1.95 bits per heavy atom. The summed E-state index contributed by atoms with van der Waals surface area (Å²) >= 11 is 0. The predicted octanol–water partition coefficient (Wildman–Crippen LogP) is 2.48. The summed E-state index contributed by atoms with van der Waals surface area (Å²) < 4.78 is 42.4. The first kappa shape index (κ1) is 18.0. The van der Waals surface area contributed by atoms with Crippen LogP contribution in [0.25, 0.3) is 0 Å². The van der Waals surface area contributed by atoms with Gasteiger partial charge in [0.1, 0.15) is 6.61 Å². The molecule has 1 aromatic heterocycles. The molecule has 0 aromatic carbocycles. The lowest BCUT2D eigenvalue weighted by molar-refractivity contribution is -0.174. The van der Waals surface area contributed by atoms with Crippen molar-refractivity contribution in [2.24, 2.45) is 5.73 Å². The van der Waals surface area contributed by atoms with E-state index in [1.807, 2.05) is 18.5 Å². The maximum Gasteiger partial charge on any atom is 0.411 e. The number of nitrogens with two attached hydrogens (primary N) is 1. The predicted molar refractivity (Wildman–Crippen MR) is 75.2 cm³/mol. The van der Waals surface area contributed by atoms with Gasteiger partial charge < -0.3 is 10.5 Å². The Hall–Kier alpha value is -1.08. The normalized spacial score (nSPS) is 12.1. The van der Waals surface area contributed by atoms with Gasteiger partial charge in [0.2, 0.25) is 0 Å². The third-order valence-electron chi connectivity index (χ3n) is 3.24. The van der Waals surface area contributed by atoms with Crippen LogP contribution in [0.2, 0.25) is 0 Å². The quantitative estimate of drug-likeness (QED) is 0.713. The molecule has 0 saturated carbocycles. The van der Waals surface area contributed by atoms with Crippen molar-refractivity contribution in [1.29, 1.82) is 0 Å². The number of aryl methyl sites for hydroxylation is 2. The summed E-state index contributed by atoms with van der Waals surface area (Å²) in [4.78, 5) is 0. The molecule has 4 nitrogen and oxygen atoms in total. The van der Waals surface area contributed by atoms with Crippen LogP contribution in [0, 0.1) is 0 Å². The highest BCUT2D eigenvalue weighted by Crippen LogP contribution is 2.18. The maximum atomic E-state index is 12.0. The molecular formula is C14H24F3N3O. The fourth-order valence-corrected chi connectivity index (χ4v) is 2.39. The molecule has 0 amide bonds. The van der Waals surface area contributed by atoms with Gasteiger partial charge in [-0.1, -0.05) is 13.8 Å². The lowest BCUT2D eigenvalue weighted by atomic mass is 10.1. The zero-order valence-corrected chi connectivity index (χ0v) is 12.7. The van der Waals surface area contributed by atoms with E-state index in [9.17, 15) is 13.2 Å². The van der Waals surface area contributed by atoms with Crippen LogP contribution in [0.5, 0.6) is 0 Å². The van der Waals surface area contributed by atoms with Crippen molar-refractivity contribution < 1.29 is 17.9 Å². The van der Waals surface area contributed by atoms with Gasteiger partial charge in [-0.05, 0) is 37.8 Å². The van der Waals surface area contributed by atoms with Gasteiger partial charge in [0.05, 0.1) is 5.69 Å². The molecule has 0 unspecified atom stereocenters. The third-order valence-corrected chi connectivity index (χ3v) is 3.24. The number of rotatable bonds is 9. The minimum absolute atomic E-state index is 0.0796. The zero-order valence-electron chi connectivity index (χ0n) is 12.7. The molecule has 0 atom stereocenters. The monoisotopic (exact) mass is 307 g/mol. The minimum atomic E-state index is -4.26. The summed E-state index contributed by atoms with van der Waals surface area (Å²) in [6.07, 6.45) is -1.29. The van der Waals surface area contributed by atoms with Crippen molar-refractivity contribution in [3.63, 3.8) is 0 Å². The Balaban J connectivity index is 2.58. The maximum absolute atomic E-state index is 12.0. The molecule has 0 aliphatic rings. The van der Waals surface area contributed by atoms with Crippen LogP contribution in [0.15, 0.2) is 0 Å². The van der Waals surface area contributed by atoms with Crippen molar-refractivity contribution in [1.82, 2.24) is 9.78 Å². The first-order chi connectivity index (χ1) is 9.92. The molecule has 122 valence electrons. The average molecular weight is 307 g/mol. The standard InChI is InChI=1S/C14H24F3N3O/c1-3-12-11(6-7-18)13(4-2)20(19-12)8-5-9-21-10-14(15,16)17/h3-10,18H2,1-2H3. The van der Waals surface area contributed by atoms with Crippen molar-refractivity contribution in [2.75, 3.05) is 19.8 Å². The fourth-order valence-electron chi connectivity index (χ4n) is 2.39. The average Bonchev–Trinajstić information content (AvgIpc) is 2.74. The molecule has 0 aliphatic heterocycles. The van der Waals surface area contributed by atoms with E-state index in [0.29, 0.717) is 19.5 Å².